The van der Waals surface area contributed by atoms with Crippen molar-refractivity contribution in [2.45, 2.75) is 19.4 Å². The van der Waals surface area contributed by atoms with Gasteiger partial charge in [0, 0.05) is 20.1 Å². The molecule has 1 aliphatic heterocycles. The molecule has 112 valence electrons. The van der Waals surface area contributed by atoms with Crippen molar-refractivity contribution in [1.29, 1.82) is 0 Å². The topological polar surface area (TPSA) is 74.6 Å². The smallest absolute Gasteiger partial charge is 0.231 e. The molecule has 0 bridgehead atoms. The van der Waals surface area contributed by atoms with Crippen molar-refractivity contribution in [1.82, 2.24) is 15.0 Å². The Balaban J connectivity index is 2.28. The van der Waals surface area contributed by atoms with Crippen LogP contribution in [0.1, 0.15) is 13.8 Å². The van der Waals surface area contributed by atoms with Gasteiger partial charge in [-0.25, -0.2) is 0 Å². The van der Waals surface area contributed by atoms with E-state index in [0.29, 0.717) is 25.1 Å². The lowest BCUT2D eigenvalue weighted by molar-refractivity contribution is 0.122. The van der Waals surface area contributed by atoms with Crippen LogP contribution in [0.4, 0.5) is 11.9 Å². The molecule has 0 amide bonds. The number of nitrogens with zero attached hydrogens (tertiary/aromatic N) is 5. The van der Waals surface area contributed by atoms with Gasteiger partial charge in [0.1, 0.15) is 0 Å². The standard InChI is InChI=1S/C12H20ClN5O2/c1-12(2,8-19)17(3)10-14-9(13)15-11(16-10)18-4-6-20-7-5-18/h19H,4-8H2,1-3H3. The zero-order valence-corrected chi connectivity index (χ0v) is 12.8. The monoisotopic (exact) mass is 301 g/mol. The van der Waals surface area contributed by atoms with Crippen LogP contribution in [0.5, 0.6) is 0 Å². The first-order valence-corrected chi connectivity index (χ1v) is 6.91. The van der Waals surface area contributed by atoms with Crippen molar-refractivity contribution in [3.63, 3.8) is 0 Å². The van der Waals surface area contributed by atoms with Crippen LogP contribution in [-0.2, 0) is 4.74 Å². The van der Waals surface area contributed by atoms with Gasteiger partial charge in [0.15, 0.2) is 0 Å². The molecular weight excluding hydrogens is 282 g/mol. The Morgan fingerprint density at radius 1 is 1.30 bits per heavy atom. The van der Waals surface area contributed by atoms with Crippen molar-refractivity contribution in [2.24, 2.45) is 0 Å². The number of ether oxygens (including phenoxy) is 1. The molecule has 0 aromatic carbocycles. The molecule has 1 aromatic heterocycles. The molecular formula is C12H20ClN5O2. The summed E-state index contributed by atoms with van der Waals surface area (Å²) in [6.07, 6.45) is 0. The Hall–Kier alpha value is -1.18. The first kappa shape index (κ1) is 15.2. The number of anilines is 2. The van der Waals surface area contributed by atoms with E-state index in [1.54, 1.807) is 4.90 Å². The summed E-state index contributed by atoms with van der Waals surface area (Å²) in [7, 11) is 1.82. The predicted molar refractivity (Wildman–Crippen MR) is 77.4 cm³/mol. The van der Waals surface area contributed by atoms with Crippen LogP contribution in [0.2, 0.25) is 5.28 Å². The Morgan fingerprint density at radius 3 is 2.55 bits per heavy atom. The molecule has 1 saturated heterocycles. The highest BCUT2D eigenvalue weighted by atomic mass is 35.5. The summed E-state index contributed by atoms with van der Waals surface area (Å²) in [5.74, 6) is 0.995. The first-order chi connectivity index (χ1) is 9.44. The SMILES string of the molecule is CN(c1nc(Cl)nc(N2CCOCC2)n1)C(C)(C)CO. The van der Waals surface area contributed by atoms with Gasteiger partial charge in [-0.2, -0.15) is 15.0 Å². The van der Waals surface area contributed by atoms with Crippen molar-refractivity contribution in [3.8, 4) is 0 Å². The molecule has 20 heavy (non-hydrogen) atoms. The fourth-order valence-electron chi connectivity index (χ4n) is 1.76. The van der Waals surface area contributed by atoms with E-state index < -0.39 is 5.54 Å². The van der Waals surface area contributed by atoms with Crippen LogP contribution >= 0.6 is 11.6 Å². The Bertz CT molecular complexity index is 465. The number of hydrogen-bond acceptors (Lipinski definition) is 7. The van der Waals surface area contributed by atoms with Gasteiger partial charge in [0.05, 0.1) is 25.4 Å². The lowest BCUT2D eigenvalue weighted by Gasteiger charge is -2.34. The zero-order valence-electron chi connectivity index (χ0n) is 12.0. The van der Waals surface area contributed by atoms with E-state index in [-0.39, 0.29) is 11.9 Å². The minimum atomic E-state index is -0.479. The van der Waals surface area contributed by atoms with E-state index in [0.717, 1.165) is 13.1 Å². The molecule has 0 radical (unpaired) electrons. The van der Waals surface area contributed by atoms with Crippen molar-refractivity contribution < 1.29 is 9.84 Å². The number of aliphatic hydroxyl groups excluding tert-OH is 1. The number of morpholine rings is 1. The summed E-state index contributed by atoms with van der Waals surface area (Å²) < 4.78 is 5.31. The minimum Gasteiger partial charge on any atom is -0.394 e. The van der Waals surface area contributed by atoms with Gasteiger partial charge in [-0.15, -0.1) is 0 Å². The number of halogens is 1. The number of aromatic nitrogens is 3. The molecule has 0 saturated carbocycles. The number of likely N-dealkylation sites (N-methyl/N-ethyl adjacent to an activating group) is 1. The van der Waals surface area contributed by atoms with Crippen molar-refractivity contribution >= 4 is 23.5 Å². The molecule has 0 aliphatic carbocycles. The average molecular weight is 302 g/mol. The second-order valence-corrected chi connectivity index (χ2v) is 5.67. The molecule has 2 heterocycles. The Kier molecular flexibility index (Phi) is 4.62. The summed E-state index contributed by atoms with van der Waals surface area (Å²) in [6.45, 7) is 6.55. The van der Waals surface area contributed by atoms with Crippen LogP contribution in [-0.4, -0.2) is 65.6 Å². The molecule has 2 rings (SSSR count). The average Bonchev–Trinajstić information content (AvgIpc) is 2.46. The maximum atomic E-state index is 9.44. The lowest BCUT2D eigenvalue weighted by atomic mass is 10.1. The van der Waals surface area contributed by atoms with Crippen LogP contribution in [0, 0.1) is 0 Å². The third kappa shape index (κ3) is 3.28. The van der Waals surface area contributed by atoms with Gasteiger partial charge in [-0.1, -0.05) is 0 Å². The highest BCUT2D eigenvalue weighted by Crippen LogP contribution is 2.22. The maximum Gasteiger partial charge on any atom is 0.231 e. The third-order valence-electron chi connectivity index (χ3n) is 3.47. The number of hydrogen-bond donors (Lipinski definition) is 1. The summed E-state index contributed by atoms with van der Waals surface area (Å²) in [5, 5.41) is 9.59. The summed E-state index contributed by atoms with van der Waals surface area (Å²) in [5.41, 5.74) is -0.479. The highest BCUT2D eigenvalue weighted by molar-refractivity contribution is 6.28. The van der Waals surface area contributed by atoms with Gasteiger partial charge >= 0.3 is 0 Å². The largest absolute Gasteiger partial charge is 0.394 e. The molecule has 0 spiro atoms. The Labute approximate surface area is 123 Å². The first-order valence-electron chi connectivity index (χ1n) is 6.53. The number of aliphatic hydroxyl groups is 1. The second-order valence-electron chi connectivity index (χ2n) is 5.33. The van der Waals surface area contributed by atoms with Crippen LogP contribution in [0.3, 0.4) is 0 Å². The normalized spacial score (nSPS) is 16.4. The van der Waals surface area contributed by atoms with Gasteiger partial charge in [0.2, 0.25) is 17.2 Å². The van der Waals surface area contributed by atoms with Crippen LogP contribution < -0.4 is 9.80 Å². The molecule has 0 unspecified atom stereocenters. The van der Waals surface area contributed by atoms with Gasteiger partial charge in [-0.3, -0.25) is 0 Å². The summed E-state index contributed by atoms with van der Waals surface area (Å²) >= 11 is 6.00. The van der Waals surface area contributed by atoms with Crippen molar-refractivity contribution in [2.75, 3.05) is 49.8 Å². The zero-order chi connectivity index (χ0) is 14.8. The van der Waals surface area contributed by atoms with Gasteiger partial charge < -0.3 is 19.6 Å². The van der Waals surface area contributed by atoms with Crippen molar-refractivity contribution in [3.05, 3.63) is 5.28 Å². The summed E-state index contributed by atoms with van der Waals surface area (Å²) in [6, 6.07) is 0. The molecule has 1 fully saturated rings. The van der Waals surface area contributed by atoms with Crippen LogP contribution in [0.15, 0.2) is 0 Å². The molecule has 7 nitrogen and oxygen atoms in total. The molecule has 1 aliphatic rings. The van der Waals surface area contributed by atoms with E-state index in [1.807, 2.05) is 25.8 Å². The summed E-state index contributed by atoms with van der Waals surface area (Å²) in [4.78, 5) is 16.6. The third-order valence-corrected chi connectivity index (χ3v) is 3.64. The highest BCUT2D eigenvalue weighted by Gasteiger charge is 2.26. The van der Waals surface area contributed by atoms with E-state index in [1.165, 1.54) is 0 Å². The lowest BCUT2D eigenvalue weighted by Crippen LogP contribution is -2.45. The maximum absolute atomic E-state index is 9.44. The fourth-order valence-corrected chi connectivity index (χ4v) is 1.91. The van der Waals surface area contributed by atoms with Gasteiger partial charge in [-0.05, 0) is 25.4 Å². The molecule has 8 heteroatoms. The molecule has 0 atom stereocenters. The van der Waals surface area contributed by atoms with Gasteiger partial charge in [0.25, 0.3) is 0 Å². The Morgan fingerprint density at radius 2 is 1.95 bits per heavy atom. The van der Waals surface area contributed by atoms with E-state index in [4.69, 9.17) is 16.3 Å². The molecule has 1 aromatic rings. The number of rotatable bonds is 4. The van der Waals surface area contributed by atoms with E-state index in [9.17, 15) is 5.11 Å². The fraction of sp³-hybridized carbons (Fsp3) is 0.750. The molecule has 1 N–H and O–H groups in total. The quantitative estimate of drug-likeness (QED) is 0.871. The second kappa shape index (κ2) is 6.07. The minimum absolute atomic E-state index is 0.0142. The van der Waals surface area contributed by atoms with Crippen LogP contribution in [0.25, 0.3) is 0 Å². The van der Waals surface area contributed by atoms with E-state index >= 15 is 0 Å². The van der Waals surface area contributed by atoms with E-state index in [2.05, 4.69) is 15.0 Å². The predicted octanol–water partition coefficient (Wildman–Crippen LogP) is 0.569.